The van der Waals surface area contributed by atoms with E-state index in [2.05, 4.69) is 0 Å². The van der Waals surface area contributed by atoms with E-state index in [0.29, 0.717) is 16.8 Å². The third kappa shape index (κ3) is 1.76. The lowest BCUT2D eigenvalue weighted by Crippen LogP contribution is -2.31. The van der Waals surface area contributed by atoms with Gasteiger partial charge in [-0.2, -0.15) is 0 Å². The molecule has 1 aromatic rings. The van der Waals surface area contributed by atoms with E-state index in [4.69, 9.17) is 5.11 Å². The topological polar surface area (TPSA) is 57.6 Å². The van der Waals surface area contributed by atoms with E-state index in [1.54, 1.807) is 38.1 Å². The number of aliphatic hydroxyl groups is 1. The zero-order chi connectivity index (χ0) is 12.6. The summed E-state index contributed by atoms with van der Waals surface area (Å²) in [5, 5.41) is 8.93. The molecule has 0 spiro atoms. The van der Waals surface area contributed by atoms with Gasteiger partial charge in [-0.3, -0.25) is 9.59 Å². The Bertz CT molecular complexity index is 490. The van der Waals surface area contributed by atoms with Crippen molar-refractivity contribution in [2.75, 3.05) is 4.90 Å². The van der Waals surface area contributed by atoms with Crippen molar-refractivity contribution in [1.82, 2.24) is 0 Å². The van der Waals surface area contributed by atoms with E-state index >= 15 is 0 Å². The summed E-state index contributed by atoms with van der Waals surface area (Å²) in [7, 11) is 0. The molecule has 1 N–H and O–H groups in total. The fraction of sp³-hybridized carbons (Fsp3) is 0.231. The van der Waals surface area contributed by atoms with Crippen LogP contribution in [0.3, 0.4) is 0 Å². The van der Waals surface area contributed by atoms with Crippen LogP contribution in [0.2, 0.25) is 0 Å². The van der Waals surface area contributed by atoms with Gasteiger partial charge in [0.05, 0.1) is 12.3 Å². The predicted octanol–water partition coefficient (Wildman–Crippen LogP) is 1.39. The molecule has 1 aromatic carbocycles. The van der Waals surface area contributed by atoms with Crippen molar-refractivity contribution in [2.24, 2.45) is 0 Å². The highest BCUT2D eigenvalue weighted by Crippen LogP contribution is 2.26. The molecule has 0 atom stereocenters. The number of anilines is 1. The average Bonchev–Trinajstić information content (AvgIpc) is 2.54. The third-order valence-corrected chi connectivity index (χ3v) is 2.99. The molecule has 0 fully saturated rings. The molecular formula is C13H13NO3. The van der Waals surface area contributed by atoms with Crippen LogP contribution < -0.4 is 4.90 Å². The van der Waals surface area contributed by atoms with Crippen molar-refractivity contribution < 1.29 is 14.7 Å². The number of benzene rings is 1. The number of carbonyl (C=O) groups is 2. The standard InChI is InChI=1S/C13H13NO3/c1-8-9(2)13(17)14(12(8)16)11-5-3-10(7-15)4-6-11/h3-6,15H,7H2,1-2H3. The van der Waals surface area contributed by atoms with E-state index in [1.807, 2.05) is 0 Å². The second kappa shape index (κ2) is 4.14. The molecule has 1 aliphatic heterocycles. The first-order chi connectivity index (χ1) is 8.06. The molecule has 2 amide bonds. The maximum absolute atomic E-state index is 11.9. The van der Waals surface area contributed by atoms with Crippen molar-refractivity contribution in [1.29, 1.82) is 0 Å². The Kier molecular flexibility index (Phi) is 2.81. The summed E-state index contributed by atoms with van der Waals surface area (Å²) in [6, 6.07) is 6.71. The van der Waals surface area contributed by atoms with Gasteiger partial charge in [0.25, 0.3) is 11.8 Å². The van der Waals surface area contributed by atoms with Crippen LogP contribution in [0.15, 0.2) is 35.4 Å². The number of carbonyl (C=O) groups excluding carboxylic acids is 2. The molecule has 0 unspecified atom stereocenters. The van der Waals surface area contributed by atoms with Crippen LogP contribution >= 0.6 is 0 Å². The Balaban J connectivity index is 2.36. The summed E-state index contributed by atoms with van der Waals surface area (Å²) in [6.07, 6.45) is 0. The molecule has 0 aliphatic carbocycles. The van der Waals surface area contributed by atoms with Crippen molar-refractivity contribution >= 4 is 17.5 Å². The van der Waals surface area contributed by atoms with Crippen LogP contribution in [-0.2, 0) is 16.2 Å². The number of imide groups is 1. The molecule has 0 bridgehead atoms. The van der Waals surface area contributed by atoms with Crippen LogP contribution in [0, 0.1) is 0 Å². The van der Waals surface area contributed by atoms with Crippen molar-refractivity contribution in [3.8, 4) is 0 Å². The van der Waals surface area contributed by atoms with Gasteiger partial charge in [-0.15, -0.1) is 0 Å². The van der Waals surface area contributed by atoms with E-state index in [1.165, 1.54) is 0 Å². The molecule has 17 heavy (non-hydrogen) atoms. The molecule has 4 nitrogen and oxygen atoms in total. The lowest BCUT2D eigenvalue weighted by atomic mass is 10.2. The van der Waals surface area contributed by atoms with Crippen LogP contribution in [0.1, 0.15) is 19.4 Å². The molecule has 88 valence electrons. The summed E-state index contributed by atoms with van der Waals surface area (Å²) >= 11 is 0. The lowest BCUT2D eigenvalue weighted by Gasteiger charge is -2.15. The molecule has 0 aromatic heterocycles. The number of rotatable bonds is 2. The van der Waals surface area contributed by atoms with Crippen LogP contribution in [0.25, 0.3) is 0 Å². The van der Waals surface area contributed by atoms with E-state index in [9.17, 15) is 9.59 Å². The summed E-state index contributed by atoms with van der Waals surface area (Å²) in [5.41, 5.74) is 2.25. The Labute approximate surface area is 99.2 Å². The average molecular weight is 231 g/mol. The minimum atomic E-state index is -0.274. The predicted molar refractivity (Wildman–Crippen MR) is 63.2 cm³/mol. The fourth-order valence-electron chi connectivity index (χ4n) is 1.73. The zero-order valence-electron chi connectivity index (χ0n) is 9.73. The van der Waals surface area contributed by atoms with Gasteiger partial charge < -0.3 is 5.11 Å². The van der Waals surface area contributed by atoms with E-state index < -0.39 is 0 Å². The van der Waals surface area contributed by atoms with Crippen LogP contribution in [0.5, 0.6) is 0 Å². The maximum Gasteiger partial charge on any atom is 0.261 e. The van der Waals surface area contributed by atoms with Gasteiger partial charge >= 0.3 is 0 Å². The van der Waals surface area contributed by atoms with E-state index in [-0.39, 0.29) is 18.4 Å². The third-order valence-electron chi connectivity index (χ3n) is 2.99. The summed E-state index contributed by atoms with van der Waals surface area (Å²) in [6.45, 7) is 3.24. The van der Waals surface area contributed by atoms with Crippen LogP contribution in [0.4, 0.5) is 5.69 Å². The quantitative estimate of drug-likeness (QED) is 0.782. The maximum atomic E-state index is 11.9. The number of nitrogens with zero attached hydrogens (tertiary/aromatic N) is 1. The van der Waals surface area contributed by atoms with E-state index in [0.717, 1.165) is 10.5 Å². The molecular weight excluding hydrogens is 218 g/mol. The summed E-state index contributed by atoms with van der Waals surface area (Å²) < 4.78 is 0. The first-order valence-electron chi connectivity index (χ1n) is 5.32. The number of amides is 2. The van der Waals surface area contributed by atoms with Gasteiger partial charge in [0.1, 0.15) is 0 Å². The smallest absolute Gasteiger partial charge is 0.261 e. The zero-order valence-corrected chi connectivity index (χ0v) is 9.73. The summed E-state index contributed by atoms with van der Waals surface area (Å²) in [4.78, 5) is 24.9. The largest absolute Gasteiger partial charge is 0.392 e. The van der Waals surface area contributed by atoms with Gasteiger partial charge in [-0.05, 0) is 31.5 Å². The minimum absolute atomic E-state index is 0.0571. The SMILES string of the molecule is CC1=C(C)C(=O)N(c2ccc(CO)cc2)C1=O. The van der Waals surface area contributed by atoms with Gasteiger partial charge in [0, 0.05) is 11.1 Å². The number of hydrogen-bond acceptors (Lipinski definition) is 3. The minimum Gasteiger partial charge on any atom is -0.392 e. The Hall–Kier alpha value is -1.94. The highest BCUT2D eigenvalue weighted by atomic mass is 16.3. The van der Waals surface area contributed by atoms with Crippen LogP contribution in [-0.4, -0.2) is 16.9 Å². The highest BCUT2D eigenvalue weighted by molar-refractivity contribution is 6.32. The highest BCUT2D eigenvalue weighted by Gasteiger charge is 2.34. The molecule has 0 saturated carbocycles. The fourth-order valence-corrected chi connectivity index (χ4v) is 1.73. The van der Waals surface area contributed by atoms with Crippen molar-refractivity contribution in [3.63, 3.8) is 0 Å². The molecule has 4 heteroatoms. The Morgan fingerprint density at radius 1 is 1.00 bits per heavy atom. The van der Waals surface area contributed by atoms with Gasteiger partial charge in [0.15, 0.2) is 0 Å². The Morgan fingerprint density at radius 3 is 1.88 bits per heavy atom. The first-order valence-corrected chi connectivity index (χ1v) is 5.32. The lowest BCUT2D eigenvalue weighted by molar-refractivity contribution is -0.120. The van der Waals surface area contributed by atoms with Crippen molar-refractivity contribution in [2.45, 2.75) is 20.5 Å². The molecule has 0 radical (unpaired) electrons. The van der Waals surface area contributed by atoms with Gasteiger partial charge in [-0.1, -0.05) is 12.1 Å². The second-order valence-corrected chi connectivity index (χ2v) is 4.02. The molecule has 0 saturated heterocycles. The Morgan fingerprint density at radius 2 is 1.47 bits per heavy atom. The normalized spacial score (nSPS) is 16.1. The monoisotopic (exact) mass is 231 g/mol. The first kappa shape index (κ1) is 11.5. The number of aliphatic hydroxyl groups excluding tert-OH is 1. The molecule has 1 aliphatic rings. The van der Waals surface area contributed by atoms with Gasteiger partial charge in [0.2, 0.25) is 0 Å². The van der Waals surface area contributed by atoms with Gasteiger partial charge in [-0.25, -0.2) is 4.90 Å². The molecule has 1 heterocycles. The molecule has 2 rings (SSSR count). The van der Waals surface area contributed by atoms with Crippen molar-refractivity contribution in [3.05, 3.63) is 41.0 Å². The number of hydrogen-bond donors (Lipinski definition) is 1. The second-order valence-electron chi connectivity index (χ2n) is 4.02. The summed E-state index contributed by atoms with van der Waals surface area (Å²) in [5.74, 6) is -0.548.